The van der Waals surface area contributed by atoms with Gasteiger partial charge in [-0.2, -0.15) is 0 Å². The largest absolute Gasteiger partial charge is 0.309 e. The monoisotopic (exact) mass is 619 g/mol. The van der Waals surface area contributed by atoms with Gasteiger partial charge in [0, 0.05) is 58.7 Å². The molecule has 4 heteroatoms. The van der Waals surface area contributed by atoms with Crippen LogP contribution in [0.2, 0.25) is 0 Å². The van der Waals surface area contributed by atoms with E-state index in [4.69, 9.17) is 9.97 Å². The summed E-state index contributed by atoms with van der Waals surface area (Å²) in [6.07, 6.45) is 0. The molecule has 0 spiro atoms. The van der Waals surface area contributed by atoms with Crippen LogP contribution in [0.5, 0.6) is 0 Å². The van der Waals surface area contributed by atoms with Crippen molar-refractivity contribution in [2.75, 3.05) is 0 Å². The Morgan fingerprint density at radius 1 is 0.553 bits per heavy atom. The molecular formula is C43H29N3S. The van der Waals surface area contributed by atoms with Gasteiger partial charge < -0.3 is 4.57 Å². The van der Waals surface area contributed by atoms with Crippen LogP contribution in [0.1, 0.15) is 25.1 Å². The minimum atomic E-state index is -0.244. The zero-order valence-electron chi connectivity index (χ0n) is 26.0. The highest BCUT2D eigenvalue weighted by Crippen LogP contribution is 2.51. The second-order valence-corrected chi connectivity index (χ2v) is 14.1. The molecule has 10 rings (SSSR count). The fourth-order valence-corrected chi connectivity index (χ4v) is 8.85. The summed E-state index contributed by atoms with van der Waals surface area (Å²) < 4.78 is 5.07. The average molecular weight is 620 g/mol. The molecule has 0 N–H and O–H groups in total. The number of hydrogen-bond donors (Lipinski definition) is 0. The molecule has 47 heavy (non-hydrogen) atoms. The van der Waals surface area contributed by atoms with Crippen molar-refractivity contribution >= 4 is 53.3 Å². The van der Waals surface area contributed by atoms with Crippen LogP contribution in [0.25, 0.3) is 81.4 Å². The van der Waals surface area contributed by atoms with Crippen molar-refractivity contribution in [3.63, 3.8) is 0 Å². The number of hydrogen-bond acceptors (Lipinski definition) is 3. The van der Waals surface area contributed by atoms with Gasteiger partial charge in [0.25, 0.3) is 0 Å². The lowest BCUT2D eigenvalue weighted by atomic mass is 9.85. The Bertz CT molecular complexity index is 2710. The summed E-state index contributed by atoms with van der Waals surface area (Å²) in [6.45, 7) is 4.57. The summed E-state index contributed by atoms with van der Waals surface area (Å²) in [6, 6.07) is 50.3. The Labute approximate surface area is 276 Å². The van der Waals surface area contributed by atoms with E-state index in [-0.39, 0.29) is 5.41 Å². The second kappa shape index (κ2) is 9.71. The molecule has 222 valence electrons. The van der Waals surface area contributed by atoms with E-state index >= 15 is 0 Å². The average Bonchev–Trinajstić information content (AvgIpc) is 3.72. The molecule has 0 saturated carbocycles. The standard InChI is InChI=1S/C43H29N3S/c1-43(2)34-20-9-6-19-31(34)39-40(44-42(45-41(39)43)26-13-4-3-5-14-26)27-15-12-16-28(23-27)46-35-21-10-7-17-29(35)32-25-38-33(24-36(32)46)30-18-8-11-22-37(30)47-38/h3-25H,1-2H3. The maximum atomic E-state index is 5.35. The molecule has 0 aliphatic heterocycles. The highest BCUT2D eigenvalue weighted by Gasteiger charge is 2.39. The van der Waals surface area contributed by atoms with Crippen molar-refractivity contribution in [3.05, 3.63) is 151 Å². The third kappa shape index (κ3) is 3.79. The van der Waals surface area contributed by atoms with Crippen LogP contribution in [0.15, 0.2) is 140 Å². The molecule has 3 nitrogen and oxygen atoms in total. The number of nitrogens with zero attached hydrogens (tertiary/aromatic N) is 3. The fraction of sp³-hybridized carbons (Fsp3) is 0.0698. The van der Waals surface area contributed by atoms with E-state index in [1.165, 1.54) is 53.1 Å². The van der Waals surface area contributed by atoms with Gasteiger partial charge in [-0.25, -0.2) is 9.97 Å². The van der Waals surface area contributed by atoms with E-state index in [2.05, 4.69) is 152 Å². The first-order chi connectivity index (χ1) is 23.1. The Kier molecular flexibility index (Phi) is 5.50. The Balaban J connectivity index is 1.26. The highest BCUT2D eigenvalue weighted by atomic mass is 32.1. The van der Waals surface area contributed by atoms with Gasteiger partial charge in [-0.15, -0.1) is 11.3 Å². The summed E-state index contributed by atoms with van der Waals surface area (Å²) in [5.41, 5.74) is 11.1. The topological polar surface area (TPSA) is 30.7 Å². The maximum Gasteiger partial charge on any atom is 0.160 e. The predicted molar refractivity (Wildman–Crippen MR) is 198 cm³/mol. The number of para-hydroxylation sites is 1. The lowest BCUT2D eigenvalue weighted by Crippen LogP contribution is -2.17. The highest BCUT2D eigenvalue weighted by molar-refractivity contribution is 7.25. The number of rotatable bonds is 3. The van der Waals surface area contributed by atoms with Gasteiger partial charge in [-0.3, -0.25) is 0 Å². The molecule has 9 aromatic rings. The molecular weight excluding hydrogens is 591 g/mol. The van der Waals surface area contributed by atoms with Crippen LogP contribution in [0, 0.1) is 0 Å². The smallest absolute Gasteiger partial charge is 0.160 e. The van der Waals surface area contributed by atoms with Crippen molar-refractivity contribution in [2.45, 2.75) is 19.3 Å². The number of aromatic nitrogens is 3. The van der Waals surface area contributed by atoms with Gasteiger partial charge in [-0.05, 0) is 47.5 Å². The Morgan fingerprint density at radius 3 is 2.19 bits per heavy atom. The minimum Gasteiger partial charge on any atom is -0.309 e. The molecule has 3 heterocycles. The molecule has 0 fully saturated rings. The van der Waals surface area contributed by atoms with Crippen molar-refractivity contribution in [3.8, 4) is 39.5 Å². The number of thiophene rings is 1. The van der Waals surface area contributed by atoms with Gasteiger partial charge in [0.15, 0.2) is 5.82 Å². The van der Waals surface area contributed by atoms with E-state index in [9.17, 15) is 0 Å². The Hall–Kier alpha value is -5.58. The molecule has 0 amide bonds. The van der Waals surface area contributed by atoms with Crippen LogP contribution in [-0.2, 0) is 5.41 Å². The summed E-state index contributed by atoms with van der Waals surface area (Å²) in [7, 11) is 0. The first-order valence-corrected chi connectivity index (χ1v) is 16.9. The van der Waals surface area contributed by atoms with Crippen LogP contribution >= 0.6 is 11.3 Å². The van der Waals surface area contributed by atoms with Crippen LogP contribution in [0.4, 0.5) is 0 Å². The molecule has 0 unspecified atom stereocenters. The van der Waals surface area contributed by atoms with Crippen LogP contribution < -0.4 is 0 Å². The van der Waals surface area contributed by atoms with Gasteiger partial charge in [0.2, 0.25) is 0 Å². The van der Waals surface area contributed by atoms with Gasteiger partial charge in [0.05, 0.1) is 22.4 Å². The van der Waals surface area contributed by atoms with Gasteiger partial charge in [-0.1, -0.05) is 117 Å². The predicted octanol–water partition coefficient (Wildman–Crippen LogP) is 11.6. The molecule has 6 aromatic carbocycles. The summed E-state index contributed by atoms with van der Waals surface area (Å²) in [5.74, 6) is 0.759. The normalized spacial score (nSPS) is 13.5. The molecule has 1 aliphatic rings. The lowest BCUT2D eigenvalue weighted by molar-refractivity contribution is 0.636. The molecule has 0 saturated heterocycles. The Morgan fingerprint density at radius 2 is 1.30 bits per heavy atom. The van der Waals surface area contributed by atoms with Crippen LogP contribution in [-0.4, -0.2) is 14.5 Å². The van der Waals surface area contributed by atoms with E-state index in [0.717, 1.165) is 39.6 Å². The first kappa shape index (κ1) is 26.6. The van der Waals surface area contributed by atoms with Crippen molar-refractivity contribution in [1.82, 2.24) is 14.5 Å². The lowest BCUT2D eigenvalue weighted by Gasteiger charge is -2.21. The maximum absolute atomic E-state index is 5.35. The molecule has 0 atom stereocenters. The molecule has 1 aliphatic carbocycles. The van der Waals surface area contributed by atoms with E-state index in [1.54, 1.807) is 0 Å². The third-order valence-electron chi connectivity index (χ3n) is 9.95. The van der Waals surface area contributed by atoms with Crippen molar-refractivity contribution in [1.29, 1.82) is 0 Å². The number of fused-ring (bicyclic) bond motifs is 9. The third-order valence-corrected chi connectivity index (χ3v) is 11.1. The van der Waals surface area contributed by atoms with Crippen molar-refractivity contribution < 1.29 is 0 Å². The second-order valence-electron chi connectivity index (χ2n) is 13.0. The summed E-state index contributed by atoms with van der Waals surface area (Å²) >= 11 is 1.87. The molecule has 0 bridgehead atoms. The minimum absolute atomic E-state index is 0.244. The van der Waals surface area contributed by atoms with Crippen LogP contribution in [0.3, 0.4) is 0 Å². The molecule has 3 aromatic heterocycles. The van der Waals surface area contributed by atoms with E-state index < -0.39 is 0 Å². The zero-order valence-corrected chi connectivity index (χ0v) is 26.8. The summed E-state index contributed by atoms with van der Waals surface area (Å²) in [5, 5.41) is 5.15. The molecule has 0 radical (unpaired) electrons. The quantitative estimate of drug-likeness (QED) is 0.197. The first-order valence-electron chi connectivity index (χ1n) is 16.1. The fourth-order valence-electron chi connectivity index (χ4n) is 7.72. The number of benzene rings is 6. The SMILES string of the molecule is CC1(C)c2ccccc2-c2c(-c3cccc(-n4c5ccccc5c5cc6sc7ccccc7c6cc54)c3)nc(-c3ccccc3)nc21. The van der Waals surface area contributed by atoms with Gasteiger partial charge in [0.1, 0.15) is 0 Å². The zero-order chi connectivity index (χ0) is 31.3. The van der Waals surface area contributed by atoms with Crippen molar-refractivity contribution in [2.24, 2.45) is 0 Å². The summed E-state index contributed by atoms with van der Waals surface area (Å²) in [4.78, 5) is 10.6. The van der Waals surface area contributed by atoms with E-state index in [0.29, 0.717) is 0 Å². The van der Waals surface area contributed by atoms with Gasteiger partial charge >= 0.3 is 0 Å². The van der Waals surface area contributed by atoms with E-state index in [1.807, 2.05) is 17.4 Å².